The minimum atomic E-state index is 0.534. The van der Waals surface area contributed by atoms with Crippen molar-refractivity contribution in [3.05, 3.63) is 22.7 Å². The first kappa shape index (κ1) is 12.8. The molecule has 0 saturated heterocycles. The lowest BCUT2D eigenvalue weighted by atomic mass is 9.99. The minimum absolute atomic E-state index is 0.534. The highest BCUT2D eigenvalue weighted by atomic mass is 35.5. The molecule has 0 aromatic carbocycles. The van der Waals surface area contributed by atoms with Crippen molar-refractivity contribution >= 4 is 11.6 Å². The van der Waals surface area contributed by atoms with E-state index in [2.05, 4.69) is 11.9 Å². The van der Waals surface area contributed by atoms with Gasteiger partial charge in [-0.2, -0.15) is 0 Å². The van der Waals surface area contributed by atoms with Gasteiger partial charge in [-0.1, -0.05) is 50.6 Å². The average molecular weight is 253 g/mol. The van der Waals surface area contributed by atoms with E-state index in [0.717, 1.165) is 24.4 Å². The second-order valence-corrected chi connectivity index (χ2v) is 5.37. The summed E-state index contributed by atoms with van der Waals surface area (Å²) in [5, 5.41) is 0.614. The van der Waals surface area contributed by atoms with Gasteiger partial charge in [0, 0.05) is 11.6 Å². The van der Waals surface area contributed by atoms with Crippen molar-refractivity contribution in [1.29, 1.82) is 0 Å². The maximum Gasteiger partial charge on any atom is 0.133 e. The molecule has 0 N–H and O–H groups in total. The van der Waals surface area contributed by atoms with E-state index in [4.69, 9.17) is 16.6 Å². The van der Waals surface area contributed by atoms with E-state index in [0.29, 0.717) is 11.1 Å². The van der Waals surface area contributed by atoms with Gasteiger partial charge in [0.15, 0.2) is 0 Å². The summed E-state index contributed by atoms with van der Waals surface area (Å²) >= 11 is 6.09. The number of halogens is 1. The molecule has 94 valence electrons. The summed E-state index contributed by atoms with van der Waals surface area (Å²) in [5.74, 6) is 1.52. The molecule has 2 rings (SSSR count). The SMILES string of the molecule is CCCc1cc(Cl)nc(C2CCCCCC2)n1. The fraction of sp³-hybridized carbons (Fsp3) is 0.714. The molecule has 1 saturated carbocycles. The molecule has 0 spiro atoms. The van der Waals surface area contributed by atoms with Gasteiger partial charge in [0.1, 0.15) is 11.0 Å². The fourth-order valence-electron chi connectivity index (χ4n) is 2.59. The molecule has 0 bridgehead atoms. The Morgan fingerprint density at radius 1 is 1.18 bits per heavy atom. The van der Waals surface area contributed by atoms with Crippen LogP contribution in [0.1, 0.15) is 69.3 Å². The van der Waals surface area contributed by atoms with Crippen LogP contribution in [0.15, 0.2) is 6.07 Å². The van der Waals surface area contributed by atoms with Crippen LogP contribution in [-0.4, -0.2) is 9.97 Å². The number of aromatic nitrogens is 2. The highest BCUT2D eigenvalue weighted by Gasteiger charge is 2.18. The molecule has 1 aliphatic rings. The van der Waals surface area contributed by atoms with Crippen molar-refractivity contribution in [1.82, 2.24) is 9.97 Å². The smallest absolute Gasteiger partial charge is 0.133 e. The normalized spacial score (nSPS) is 18.0. The molecule has 0 radical (unpaired) electrons. The van der Waals surface area contributed by atoms with Crippen molar-refractivity contribution in [2.75, 3.05) is 0 Å². The summed E-state index contributed by atoms with van der Waals surface area (Å²) in [6.07, 6.45) is 9.91. The van der Waals surface area contributed by atoms with Crippen molar-refractivity contribution < 1.29 is 0 Å². The fourth-order valence-corrected chi connectivity index (χ4v) is 2.80. The lowest BCUT2D eigenvalue weighted by molar-refractivity contribution is 0.557. The zero-order valence-corrected chi connectivity index (χ0v) is 11.3. The molecule has 0 atom stereocenters. The molecule has 1 aromatic heterocycles. The number of hydrogen-bond donors (Lipinski definition) is 0. The van der Waals surface area contributed by atoms with Gasteiger partial charge in [0.25, 0.3) is 0 Å². The molecular weight excluding hydrogens is 232 g/mol. The zero-order chi connectivity index (χ0) is 12.1. The molecule has 0 amide bonds. The van der Waals surface area contributed by atoms with Crippen LogP contribution in [0.5, 0.6) is 0 Å². The highest BCUT2D eigenvalue weighted by Crippen LogP contribution is 2.30. The maximum atomic E-state index is 6.09. The van der Waals surface area contributed by atoms with Crippen LogP contribution in [0.25, 0.3) is 0 Å². The Labute approximate surface area is 109 Å². The van der Waals surface area contributed by atoms with Gasteiger partial charge in [0.2, 0.25) is 0 Å². The molecule has 1 heterocycles. The predicted octanol–water partition coefficient (Wildman–Crippen LogP) is 4.52. The molecule has 1 aromatic rings. The number of hydrogen-bond acceptors (Lipinski definition) is 2. The molecule has 0 unspecified atom stereocenters. The van der Waals surface area contributed by atoms with Crippen LogP contribution in [0.3, 0.4) is 0 Å². The molecule has 3 heteroatoms. The van der Waals surface area contributed by atoms with Crippen LogP contribution in [-0.2, 0) is 6.42 Å². The molecule has 2 nitrogen and oxygen atoms in total. The van der Waals surface area contributed by atoms with Gasteiger partial charge in [0.05, 0.1) is 0 Å². The summed E-state index contributed by atoms with van der Waals surface area (Å²) in [6.45, 7) is 2.17. The van der Waals surface area contributed by atoms with Gasteiger partial charge in [-0.25, -0.2) is 9.97 Å². The van der Waals surface area contributed by atoms with Gasteiger partial charge in [-0.05, 0) is 25.3 Å². The Morgan fingerprint density at radius 3 is 2.53 bits per heavy atom. The van der Waals surface area contributed by atoms with Crippen molar-refractivity contribution in [2.45, 2.75) is 64.2 Å². The number of rotatable bonds is 3. The highest BCUT2D eigenvalue weighted by molar-refractivity contribution is 6.29. The molecular formula is C14H21ClN2. The largest absolute Gasteiger partial charge is 0.238 e. The second-order valence-electron chi connectivity index (χ2n) is 4.98. The lowest BCUT2D eigenvalue weighted by Crippen LogP contribution is -2.06. The molecule has 1 aliphatic carbocycles. The maximum absolute atomic E-state index is 6.09. The third kappa shape index (κ3) is 3.67. The first-order valence-electron chi connectivity index (χ1n) is 6.83. The summed E-state index contributed by atoms with van der Waals surface area (Å²) in [4.78, 5) is 9.13. The number of nitrogens with zero attached hydrogens (tertiary/aromatic N) is 2. The first-order valence-corrected chi connectivity index (χ1v) is 7.20. The van der Waals surface area contributed by atoms with Gasteiger partial charge in [-0.3, -0.25) is 0 Å². The number of aryl methyl sites for hydroxylation is 1. The lowest BCUT2D eigenvalue weighted by Gasteiger charge is -2.13. The predicted molar refractivity (Wildman–Crippen MR) is 71.5 cm³/mol. The van der Waals surface area contributed by atoms with Crippen LogP contribution in [0.2, 0.25) is 5.15 Å². The Kier molecular flexibility index (Phi) is 4.78. The Hall–Kier alpha value is -0.630. The van der Waals surface area contributed by atoms with Crippen LogP contribution >= 0.6 is 11.6 Å². The summed E-state index contributed by atoms with van der Waals surface area (Å²) in [6, 6.07) is 1.91. The van der Waals surface area contributed by atoms with Crippen molar-refractivity contribution in [2.24, 2.45) is 0 Å². The quantitative estimate of drug-likeness (QED) is 0.584. The Bertz CT molecular complexity index is 357. The molecule has 1 fully saturated rings. The molecule has 0 aliphatic heterocycles. The third-order valence-electron chi connectivity index (χ3n) is 3.49. The topological polar surface area (TPSA) is 25.8 Å². The van der Waals surface area contributed by atoms with Crippen molar-refractivity contribution in [3.63, 3.8) is 0 Å². The molecule has 17 heavy (non-hydrogen) atoms. The van der Waals surface area contributed by atoms with Gasteiger partial charge in [-0.15, -0.1) is 0 Å². The summed E-state index contributed by atoms with van der Waals surface area (Å²) < 4.78 is 0. The average Bonchev–Trinajstić information content (AvgIpc) is 2.57. The Morgan fingerprint density at radius 2 is 1.88 bits per heavy atom. The van der Waals surface area contributed by atoms with E-state index >= 15 is 0 Å². The van der Waals surface area contributed by atoms with Gasteiger partial charge < -0.3 is 0 Å². The van der Waals surface area contributed by atoms with Crippen molar-refractivity contribution in [3.8, 4) is 0 Å². The Balaban J connectivity index is 2.17. The first-order chi connectivity index (χ1) is 8.29. The third-order valence-corrected chi connectivity index (χ3v) is 3.69. The second kappa shape index (κ2) is 6.34. The van der Waals surface area contributed by atoms with E-state index < -0.39 is 0 Å². The van der Waals surface area contributed by atoms with E-state index in [9.17, 15) is 0 Å². The summed E-state index contributed by atoms with van der Waals surface area (Å²) in [5.41, 5.74) is 1.10. The van der Waals surface area contributed by atoms with E-state index in [1.165, 1.54) is 38.5 Å². The van der Waals surface area contributed by atoms with Gasteiger partial charge >= 0.3 is 0 Å². The van der Waals surface area contributed by atoms with Crippen LogP contribution in [0, 0.1) is 0 Å². The zero-order valence-electron chi connectivity index (χ0n) is 10.6. The van der Waals surface area contributed by atoms with E-state index in [1.54, 1.807) is 0 Å². The monoisotopic (exact) mass is 252 g/mol. The van der Waals surface area contributed by atoms with Crippen LogP contribution in [0.4, 0.5) is 0 Å². The van der Waals surface area contributed by atoms with E-state index in [1.807, 2.05) is 6.07 Å². The minimum Gasteiger partial charge on any atom is -0.238 e. The standard InChI is InChI=1S/C14H21ClN2/c1-2-7-12-10-13(15)17-14(16-12)11-8-5-3-4-6-9-11/h10-11H,2-9H2,1H3. The van der Waals surface area contributed by atoms with Crippen LogP contribution < -0.4 is 0 Å². The summed E-state index contributed by atoms with van der Waals surface area (Å²) in [7, 11) is 0. The van der Waals surface area contributed by atoms with E-state index in [-0.39, 0.29) is 0 Å².